The molecule has 33 heavy (non-hydrogen) atoms. The van der Waals surface area contributed by atoms with Crippen LogP contribution >= 0.6 is 0 Å². The summed E-state index contributed by atoms with van der Waals surface area (Å²) in [4.78, 5) is 13.1. The molecule has 0 radical (unpaired) electrons. The van der Waals surface area contributed by atoms with Crippen LogP contribution in [0, 0.1) is 5.92 Å². The van der Waals surface area contributed by atoms with Crippen LogP contribution in [0.2, 0.25) is 0 Å². The molecule has 8 heteroatoms. The van der Waals surface area contributed by atoms with E-state index in [1.165, 1.54) is 10.4 Å². The van der Waals surface area contributed by atoms with Crippen LogP contribution < -0.4 is 14.8 Å². The Morgan fingerprint density at radius 2 is 1.64 bits per heavy atom. The predicted octanol–water partition coefficient (Wildman–Crippen LogP) is 4.04. The van der Waals surface area contributed by atoms with Crippen molar-refractivity contribution in [1.29, 1.82) is 0 Å². The molecular weight excluding hydrogens is 440 g/mol. The molecule has 1 fully saturated rings. The average molecular weight is 467 g/mol. The molecule has 0 aliphatic carbocycles. The van der Waals surface area contributed by atoms with Gasteiger partial charge in [-0.2, -0.15) is 4.31 Å². The first kappa shape index (κ1) is 21.7. The van der Waals surface area contributed by atoms with E-state index < -0.39 is 10.0 Å². The summed E-state index contributed by atoms with van der Waals surface area (Å²) in [7, 11) is -3.68. The van der Waals surface area contributed by atoms with Gasteiger partial charge in [0.15, 0.2) is 11.5 Å². The van der Waals surface area contributed by atoms with Crippen molar-refractivity contribution >= 4 is 32.4 Å². The van der Waals surface area contributed by atoms with Gasteiger partial charge in [0.1, 0.15) is 0 Å². The summed E-state index contributed by atoms with van der Waals surface area (Å²) >= 11 is 0. The Morgan fingerprint density at radius 1 is 0.909 bits per heavy atom. The number of sulfonamides is 1. The van der Waals surface area contributed by atoms with Gasteiger partial charge in [-0.1, -0.05) is 36.4 Å². The normalized spacial score (nSPS) is 17.5. The lowest BCUT2D eigenvalue weighted by Gasteiger charge is -2.30. The Bertz CT molecular complexity index is 1280. The van der Waals surface area contributed by atoms with Crippen molar-refractivity contribution in [3.05, 3.63) is 60.7 Å². The van der Waals surface area contributed by atoms with Crippen LogP contribution in [0.25, 0.3) is 10.8 Å². The highest BCUT2D eigenvalue weighted by Crippen LogP contribution is 2.34. The second-order valence-corrected chi connectivity index (χ2v) is 10.3. The molecule has 0 unspecified atom stereocenters. The van der Waals surface area contributed by atoms with Gasteiger partial charge in [-0.15, -0.1) is 0 Å². The fourth-order valence-corrected chi connectivity index (χ4v) is 5.87. The first-order valence-electron chi connectivity index (χ1n) is 11.2. The van der Waals surface area contributed by atoms with E-state index in [-0.39, 0.29) is 16.7 Å². The number of rotatable bonds is 4. The zero-order valence-electron chi connectivity index (χ0n) is 18.2. The minimum absolute atomic E-state index is 0.0704. The number of carbonyl (C=O) groups is 1. The van der Waals surface area contributed by atoms with Crippen molar-refractivity contribution in [2.24, 2.45) is 5.92 Å². The van der Waals surface area contributed by atoms with Gasteiger partial charge in [0.2, 0.25) is 15.9 Å². The first-order chi connectivity index (χ1) is 16.0. The van der Waals surface area contributed by atoms with Gasteiger partial charge in [0.05, 0.1) is 18.1 Å². The molecule has 0 spiro atoms. The maximum atomic E-state index is 13.2. The largest absolute Gasteiger partial charge is 0.490 e. The summed E-state index contributed by atoms with van der Waals surface area (Å²) in [5.74, 6) is 0.714. The first-order valence-corrected chi connectivity index (χ1v) is 12.6. The van der Waals surface area contributed by atoms with E-state index >= 15 is 0 Å². The Labute approximate surface area is 193 Å². The van der Waals surface area contributed by atoms with Gasteiger partial charge in [0.25, 0.3) is 0 Å². The van der Waals surface area contributed by atoms with Gasteiger partial charge in [0, 0.05) is 42.6 Å². The molecular formula is C25H26N2O5S. The van der Waals surface area contributed by atoms with Gasteiger partial charge < -0.3 is 14.8 Å². The lowest BCUT2D eigenvalue weighted by molar-refractivity contribution is -0.120. The SMILES string of the molecule is O=C(Nc1cccc2ccccc12)C1CCN(S(=O)(=O)c2ccc3c(c2)OCCCO3)CC1. The number of hydrogen-bond donors (Lipinski definition) is 1. The van der Waals surface area contributed by atoms with Crippen LogP contribution in [0.15, 0.2) is 65.6 Å². The third-order valence-corrected chi connectivity index (χ3v) is 8.12. The zero-order chi connectivity index (χ0) is 22.8. The lowest BCUT2D eigenvalue weighted by atomic mass is 9.97. The smallest absolute Gasteiger partial charge is 0.243 e. The van der Waals surface area contributed by atoms with Crippen LogP contribution in [0.1, 0.15) is 19.3 Å². The number of carbonyl (C=O) groups excluding carboxylic acids is 1. The van der Waals surface area contributed by atoms with Crippen LogP contribution in [-0.4, -0.2) is 44.9 Å². The molecule has 1 amide bonds. The molecule has 0 bridgehead atoms. The quantitative estimate of drug-likeness (QED) is 0.627. The number of anilines is 1. The van der Waals surface area contributed by atoms with E-state index in [4.69, 9.17) is 9.47 Å². The van der Waals surface area contributed by atoms with E-state index in [1.807, 2.05) is 42.5 Å². The summed E-state index contributed by atoms with van der Waals surface area (Å²) in [6.07, 6.45) is 1.70. The molecule has 3 aromatic carbocycles. The topological polar surface area (TPSA) is 84.9 Å². The molecule has 1 saturated heterocycles. The second kappa shape index (κ2) is 9.03. The van der Waals surface area contributed by atoms with Crippen LogP contribution in [0.5, 0.6) is 11.5 Å². The molecule has 7 nitrogen and oxygen atoms in total. The van der Waals surface area contributed by atoms with E-state index in [0.29, 0.717) is 50.6 Å². The number of ether oxygens (including phenoxy) is 2. The van der Waals surface area contributed by atoms with Crippen LogP contribution in [0.3, 0.4) is 0 Å². The predicted molar refractivity (Wildman–Crippen MR) is 126 cm³/mol. The standard InChI is InChI=1S/C25H26N2O5S/c28-25(26-22-8-3-6-18-5-1-2-7-21(18)22)19-11-13-27(14-12-19)33(29,30)20-9-10-23-24(17-20)32-16-4-15-31-23/h1-3,5-10,17,19H,4,11-16H2,(H,26,28). The summed E-state index contributed by atoms with van der Waals surface area (Å²) in [6, 6.07) is 18.5. The number of benzene rings is 3. The van der Waals surface area contributed by atoms with Gasteiger partial charge in [-0.25, -0.2) is 8.42 Å². The Kier molecular flexibility index (Phi) is 5.95. The molecule has 5 rings (SSSR count). The maximum Gasteiger partial charge on any atom is 0.243 e. The molecule has 0 saturated carbocycles. The summed E-state index contributed by atoms with van der Waals surface area (Å²) < 4.78 is 39.1. The van der Waals surface area contributed by atoms with Gasteiger partial charge >= 0.3 is 0 Å². The minimum atomic E-state index is -3.68. The second-order valence-electron chi connectivity index (χ2n) is 8.35. The monoisotopic (exact) mass is 466 g/mol. The molecule has 1 N–H and O–H groups in total. The average Bonchev–Trinajstić information content (AvgIpc) is 3.09. The Balaban J connectivity index is 1.26. The highest BCUT2D eigenvalue weighted by molar-refractivity contribution is 7.89. The van der Waals surface area contributed by atoms with Crippen molar-refractivity contribution in [2.45, 2.75) is 24.2 Å². The third-order valence-electron chi connectivity index (χ3n) is 6.23. The Morgan fingerprint density at radius 3 is 2.45 bits per heavy atom. The number of piperidine rings is 1. The van der Waals surface area contributed by atoms with Crippen LogP contribution in [0.4, 0.5) is 5.69 Å². The zero-order valence-corrected chi connectivity index (χ0v) is 19.0. The number of amides is 1. The van der Waals surface area contributed by atoms with Crippen molar-refractivity contribution in [2.75, 3.05) is 31.6 Å². The highest BCUT2D eigenvalue weighted by Gasteiger charge is 2.33. The van der Waals surface area contributed by atoms with E-state index in [1.54, 1.807) is 12.1 Å². The summed E-state index contributed by atoms with van der Waals surface area (Å²) in [6.45, 7) is 1.63. The van der Waals surface area contributed by atoms with Crippen LogP contribution in [-0.2, 0) is 14.8 Å². The Hall–Kier alpha value is -3.10. The van der Waals surface area contributed by atoms with E-state index in [0.717, 1.165) is 22.9 Å². The van der Waals surface area contributed by atoms with Crippen molar-refractivity contribution < 1.29 is 22.7 Å². The number of hydrogen-bond acceptors (Lipinski definition) is 5. The molecule has 0 aromatic heterocycles. The van der Waals surface area contributed by atoms with Crippen molar-refractivity contribution in [3.8, 4) is 11.5 Å². The maximum absolute atomic E-state index is 13.2. The molecule has 2 aliphatic rings. The van der Waals surface area contributed by atoms with Crippen molar-refractivity contribution in [3.63, 3.8) is 0 Å². The molecule has 2 heterocycles. The lowest BCUT2D eigenvalue weighted by Crippen LogP contribution is -2.41. The molecule has 3 aromatic rings. The summed E-state index contributed by atoms with van der Waals surface area (Å²) in [5.41, 5.74) is 0.778. The van der Waals surface area contributed by atoms with Crippen molar-refractivity contribution in [1.82, 2.24) is 4.31 Å². The fourth-order valence-electron chi connectivity index (χ4n) is 4.38. The molecule has 2 aliphatic heterocycles. The third kappa shape index (κ3) is 4.41. The number of nitrogens with one attached hydrogen (secondary N) is 1. The fraction of sp³-hybridized carbons (Fsp3) is 0.320. The minimum Gasteiger partial charge on any atom is -0.490 e. The summed E-state index contributed by atoms with van der Waals surface area (Å²) in [5, 5.41) is 5.09. The van der Waals surface area contributed by atoms with E-state index in [9.17, 15) is 13.2 Å². The molecule has 0 atom stereocenters. The number of nitrogens with zero attached hydrogens (tertiary/aromatic N) is 1. The number of fused-ring (bicyclic) bond motifs is 2. The molecule has 172 valence electrons. The van der Waals surface area contributed by atoms with Gasteiger partial charge in [-0.3, -0.25) is 4.79 Å². The van der Waals surface area contributed by atoms with E-state index in [2.05, 4.69) is 5.32 Å². The highest BCUT2D eigenvalue weighted by atomic mass is 32.2. The van der Waals surface area contributed by atoms with Gasteiger partial charge in [-0.05, 0) is 36.4 Å².